The largest absolute Gasteiger partial charge is 0.497 e. The summed E-state index contributed by atoms with van der Waals surface area (Å²) >= 11 is 0. The lowest BCUT2D eigenvalue weighted by atomic mass is 10.0. The Balaban J connectivity index is 1.36. The molecule has 38 heavy (non-hydrogen) atoms. The van der Waals surface area contributed by atoms with Gasteiger partial charge in [-0.25, -0.2) is 4.98 Å². The zero-order chi connectivity index (χ0) is 26.4. The number of ether oxygens (including phenoxy) is 1. The number of benzene rings is 3. The zero-order valence-corrected chi connectivity index (χ0v) is 21.0. The molecular formula is C30H28F3N3O2. The quantitative estimate of drug-likeness (QED) is 0.286. The van der Waals surface area contributed by atoms with E-state index in [0.29, 0.717) is 31.0 Å². The minimum absolute atomic E-state index is 0.0434. The number of hydrogen-bond donors (Lipinski definition) is 0. The van der Waals surface area contributed by atoms with Crippen molar-refractivity contribution in [3.63, 3.8) is 0 Å². The van der Waals surface area contributed by atoms with Gasteiger partial charge in [0.2, 0.25) is 5.91 Å². The highest BCUT2D eigenvalue weighted by Gasteiger charge is 2.38. The molecule has 4 aromatic rings. The maximum Gasteiger partial charge on any atom is 0.418 e. The Labute approximate surface area is 218 Å². The molecule has 1 atom stereocenters. The smallest absolute Gasteiger partial charge is 0.418 e. The molecule has 8 heteroatoms. The molecule has 2 fully saturated rings. The summed E-state index contributed by atoms with van der Waals surface area (Å²) in [7, 11) is 1.62. The number of likely N-dealkylation sites (tertiary alicyclic amines) is 1. The van der Waals surface area contributed by atoms with E-state index < -0.39 is 11.7 Å². The third-order valence-corrected chi connectivity index (χ3v) is 7.62. The van der Waals surface area contributed by atoms with Gasteiger partial charge in [0.05, 0.1) is 18.2 Å². The Hall–Kier alpha value is -3.81. The Morgan fingerprint density at radius 1 is 0.947 bits per heavy atom. The molecule has 1 amide bonds. The van der Waals surface area contributed by atoms with Crippen LogP contribution in [-0.2, 0) is 17.5 Å². The van der Waals surface area contributed by atoms with Crippen LogP contribution in [0.2, 0.25) is 0 Å². The predicted octanol–water partition coefficient (Wildman–Crippen LogP) is 6.66. The van der Waals surface area contributed by atoms with Crippen LogP contribution in [0, 0.1) is 11.8 Å². The van der Waals surface area contributed by atoms with Crippen LogP contribution in [0.3, 0.4) is 0 Å². The summed E-state index contributed by atoms with van der Waals surface area (Å²) in [4.78, 5) is 19.0. The monoisotopic (exact) mass is 519 g/mol. The topological polar surface area (TPSA) is 47.4 Å². The molecule has 1 aromatic heterocycles. The van der Waals surface area contributed by atoms with Crippen molar-refractivity contribution in [2.24, 2.45) is 11.8 Å². The van der Waals surface area contributed by atoms with Crippen molar-refractivity contribution >= 4 is 16.9 Å². The summed E-state index contributed by atoms with van der Waals surface area (Å²) in [6.07, 6.45) is -1.76. The van der Waals surface area contributed by atoms with Gasteiger partial charge >= 0.3 is 6.18 Å². The van der Waals surface area contributed by atoms with Gasteiger partial charge in [0.25, 0.3) is 0 Å². The second kappa shape index (κ2) is 9.49. The SMILES string of the molecule is COc1ccc(-c2ccc(-c3nc4c(C(F)(F)F)cccc4n3CC3CCN(C(=O)C4CC4)C3)cc2)cc1. The Bertz CT molecular complexity index is 1470. The van der Waals surface area contributed by atoms with E-state index in [1.807, 2.05) is 58.0 Å². The first kappa shape index (κ1) is 24.5. The molecule has 2 heterocycles. The van der Waals surface area contributed by atoms with Crippen LogP contribution in [0.25, 0.3) is 33.5 Å². The Morgan fingerprint density at radius 3 is 2.24 bits per heavy atom. The molecule has 0 spiro atoms. The average molecular weight is 520 g/mol. The summed E-state index contributed by atoms with van der Waals surface area (Å²) in [6, 6.07) is 19.7. The van der Waals surface area contributed by atoms with Crippen LogP contribution in [0.1, 0.15) is 24.8 Å². The molecule has 0 bridgehead atoms. The lowest BCUT2D eigenvalue weighted by molar-refractivity contribution is -0.136. The number of hydrogen-bond acceptors (Lipinski definition) is 3. The molecule has 5 nitrogen and oxygen atoms in total. The predicted molar refractivity (Wildman–Crippen MR) is 140 cm³/mol. The first-order chi connectivity index (χ1) is 18.3. The van der Waals surface area contributed by atoms with Gasteiger partial charge in [0.1, 0.15) is 17.1 Å². The molecule has 2 aliphatic rings. The second-order valence-corrected chi connectivity index (χ2v) is 10.2. The van der Waals surface area contributed by atoms with E-state index in [2.05, 4.69) is 4.98 Å². The Morgan fingerprint density at radius 2 is 1.61 bits per heavy atom. The molecule has 0 radical (unpaired) electrons. The number of aromatic nitrogens is 2. The van der Waals surface area contributed by atoms with Gasteiger partial charge < -0.3 is 14.2 Å². The fourth-order valence-electron chi connectivity index (χ4n) is 5.40. The highest BCUT2D eigenvalue weighted by molar-refractivity contribution is 5.84. The number of fused-ring (bicyclic) bond motifs is 1. The first-order valence-corrected chi connectivity index (χ1v) is 12.9. The van der Waals surface area contributed by atoms with Gasteiger partial charge in [-0.1, -0.05) is 42.5 Å². The molecule has 1 unspecified atom stereocenters. The van der Waals surface area contributed by atoms with E-state index in [0.717, 1.165) is 47.8 Å². The second-order valence-electron chi connectivity index (χ2n) is 10.2. The van der Waals surface area contributed by atoms with Crippen LogP contribution in [0.5, 0.6) is 5.75 Å². The number of alkyl halides is 3. The number of rotatable bonds is 6. The standard InChI is InChI=1S/C30H28F3N3O2/c1-38-24-13-11-21(12-14-24)20-5-7-22(8-6-20)28-34-27-25(30(31,32)33)3-2-4-26(27)36(28)18-19-15-16-35(17-19)29(37)23-9-10-23/h2-8,11-14,19,23H,9-10,15-18H2,1H3. The first-order valence-electron chi connectivity index (χ1n) is 12.9. The fourth-order valence-corrected chi connectivity index (χ4v) is 5.40. The van der Waals surface area contributed by atoms with Crippen molar-refractivity contribution in [1.29, 1.82) is 0 Å². The Kier molecular flexibility index (Phi) is 6.13. The summed E-state index contributed by atoms with van der Waals surface area (Å²) < 4.78 is 48.8. The van der Waals surface area contributed by atoms with Crippen molar-refractivity contribution in [3.05, 3.63) is 72.3 Å². The number of nitrogens with zero attached hydrogens (tertiary/aromatic N) is 3. The normalized spacial score (nSPS) is 17.8. The number of para-hydroxylation sites is 1. The van der Waals surface area contributed by atoms with Crippen LogP contribution >= 0.6 is 0 Å². The third-order valence-electron chi connectivity index (χ3n) is 7.62. The molecule has 1 saturated carbocycles. The number of carbonyl (C=O) groups is 1. The molecule has 6 rings (SSSR count). The molecular weight excluding hydrogens is 491 g/mol. The van der Waals surface area contributed by atoms with Crippen molar-refractivity contribution in [2.75, 3.05) is 20.2 Å². The average Bonchev–Trinajstić information content (AvgIpc) is 3.57. The molecule has 3 aromatic carbocycles. The lowest BCUT2D eigenvalue weighted by Crippen LogP contribution is -2.30. The van der Waals surface area contributed by atoms with E-state index >= 15 is 0 Å². The van der Waals surface area contributed by atoms with Crippen molar-refractivity contribution in [2.45, 2.75) is 32.0 Å². The third kappa shape index (κ3) is 4.64. The van der Waals surface area contributed by atoms with E-state index in [9.17, 15) is 18.0 Å². The van der Waals surface area contributed by atoms with E-state index in [1.165, 1.54) is 6.07 Å². The maximum atomic E-state index is 13.9. The van der Waals surface area contributed by atoms with E-state index in [-0.39, 0.29) is 23.3 Å². The summed E-state index contributed by atoms with van der Waals surface area (Å²) in [5.74, 6) is 1.81. The number of imidazole rings is 1. The molecule has 1 aliphatic carbocycles. The van der Waals surface area contributed by atoms with Crippen LogP contribution in [0.4, 0.5) is 13.2 Å². The number of methoxy groups -OCH3 is 1. The van der Waals surface area contributed by atoms with Gasteiger partial charge in [0, 0.05) is 31.1 Å². The van der Waals surface area contributed by atoms with Gasteiger partial charge in [-0.05, 0) is 60.6 Å². The summed E-state index contributed by atoms with van der Waals surface area (Å²) in [5.41, 5.74) is 2.42. The minimum Gasteiger partial charge on any atom is -0.497 e. The summed E-state index contributed by atoms with van der Waals surface area (Å²) in [6.45, 7) is 1.83. The van der Waals surface area contributed by atoms with Gasteiger partial charge in [-0.2, -0.15) is 13.2 Å². The van der Waals surface area contributed by atoms with E-state index in [4.69, 9.17) is 4.74 Å². The van der Waals surface area contributed by atoms with Gasteiger partial charge in [0.15, 0.2) is 0 Å². The fraction of sp³-hybridized carbons (Fsp3) is 0.333. The molecule has 1 saturated heterocycles. The van der Waals surface area contributed by atoms with Crippen molar-refractivity contribution in [1.82, 2.24) is 14.5 Å². The molecule has 196 valence electrons. The highest BCUT2D eigenvalue weighted by atomic mass is 19.4. The van der Waals surface area contributed by atoms with Crippen LogP contribution in [0.15, 0.2) is 66.7 Å². The lowest BCUT2D eigenvalue weighted by Gasteiger charge is -2.18. The number of halogens is 3. The van der Waals surface area contributed by atoms with Crippen LogP contribution in [-0.4, -0.2) is 40.6 Å². The zero-order valence-electron chi connectivity index (χ0n) is 21.0. The minimum atomic E-state index is -4.50. The number of amides is 1. The van der Waals surface area contributed by atoms with Crippen LogP contribution < -0.4 is 4.74 Å². The van der Waals surface area contributed by atoms with Gasteiger partial charge in [-0.15, -0.1) is 0 Å². The highest BCUT2D eigenvalue weighted by Crippen LogP contribution is 2.38. The van der Waals surface area contributed by atoms with Gasteiger partial charge in [-0.3, -0.25) is 4.79 Å². The van der Waals surface area contributed by atoms with Crippen molar-refractivity contribution < 1.29 is 22.7 Å². The molecule has 1 aliphatic heterocycles. The maximum absolute atomic E-state index is 13.9. The number of carbonyl (C=O) groups excluding carboxylic acids is 1. The molecule has 0 N–H and O–H groups in total. The van der Waals surface area contributed by atoms with Crippen molar-refractivity contribution in [3.8, 4) is 28.3 Å². The summed E-state index contributed by atoms with van der Waals surface area (Å²) in [5, 5.41) is 0. The van der Waals surface area contributed by atoms with E-state index in [1.54, 1.807) is 13.2 Å².